The molecule has 0 aliphatic rings. The maximum Gasteiger partial charge on any atom is 0.345 e. The molecule has 1 aromatic rings. The first-order valence-corrected chi connectivity index (χ1v) is 9.08. The van der Waals surface area contributed by atoms with Crippen molar-refractivity contribution in [3.05, 3.63) is 14.7 Å². The molecule has 2 N–H and O–H groups in total. The Morgan fingerprint density at radius 1 is 1.43 bits per heavy atom. The Hall–Kier alpha value is -0.970. The fourth-order valence-electron chi connectivity index (χ4n) is 1.55. The fraction of sp³-hybridized carbons (Fsp3) is 0.455. The number of likely N-dealkylation sites (N-methyl/N-ethyl adjacent to an activating group) is 2. The second kappa shape index (κ2) is 7.34. The number of carboxylic acid groups (broad SMARTS) is 1. The Balaban J connectivity index is 3.13. The summed E-state index contributed by atoms with van der Waals surface area (Å²) in [5.41, 5.74) is 0. The number of halogens is 1. The molecule has 7 nitrogen and oxygen atoms in total. The number of amides is 1. The lowest BCUT2D eigenvalue weighted by Crippen LogP contribution is -2.40. The SMILES string of the molecule is CCNC(=O)CN(CC)S(=O)(=O)c1cc(C(=O)O)sc1Br. The lowest BCUT2D eigenvalue weighted by atomic mass is 10.5. The van der Waals surface area contributed by atoms with E-state index in [0.717, 1.165) is 21.7 Å². The number of sulfonamides is 1. The summed E-state index contributed by atoms with van der Waals surface area (Å²) in [6.07, 6.45) is 0. The van der Waals surface area contributed by atoms with Gasteiger partial charge in [-0.25, -0.2) is 13.2 Å². The summed E-state index contributed by atoms with van der Waals surface area (Å²) in [5.74, 6) is -1.61. The van der Waals surface area contributed by atoms with Crippen LogP contribution in [0.3, 0.4) is 0 Å². The number of nitrogens with one attached hydrogen (secondary N) is 1. The highest BCUT2D eigenvalue weighted by molar-refractivity contribution is 9.11. The number of carboxylic acids is 1. The van der Waals surface area contributed by atoms with Crippen molar-refractivity contribution in [3.63, 3.8) is 0 Å². The van der Waals surface area contributed by atoms with Crippen molar-refractivity contribution in [1.29, 1.82) is 0 Å². The molecule has 0 aliphatic carbocycles. The van der Waals surface area contributed by atoms with E-state index in [0.29, 0.717) is 6.54 Å². The summed E-state index contributed by atoms with van der Waals surface area (Å²) in [6.45, 7) is 3.54. The molecule has 21 heavy (non-hydrogen) atoms. The van der Waals surface area contributed by atoms with Crippen molar-refractivity contribution in [2.75, 3.05) is 19.6 Å². The molecule has 0 saturated carbocycles. The fourth-order valence-corrected chi connectivity index (χ4v) is 5.31. The van der Waals surface area contributed by atoms with Crippen LogP contribution in [0.2, 0.25) is 0 Å². The van der Waals surface area contributed by atoms with Crippen molar-refractivity contribution < 1.29 is 23.1 Å². The standard InChI is InChI=1S/C11H15BrN2O5S2/c1-3-13-9(15)6-14(4-2)21(18,19)8-5-7(11(16)17)20-10(8)12/h5H,3-4,6H2,1-2H3,(H,13,15)(H,16,17). The van der Waals surface area contributed by atoms with Gasteiger partial charge < -0.3 is 10.4 Å². The van der Waals surface area contributed by atoms with E-state index in [9.17, 15) is 18.0 Å². The van der Waals surface area contributed by atoms with Gasteiger partial charge in [0.1, 0.15) is 9.77 Å². The van der Waals surface area contributed by atoms with E-state index in [2.05, 4.69) is 21.2 Å². The molecule has 0 aromatic carbocycles. The highest BCUT2D eigenvalue weighted by Gasteiger charge is 2.29. The van der Waals surface area contributed by atoms with Gasteiger partial charge in [-0.2, -0.15) is 4.31 Å². The Bertz CT molecular complexity index is 641. The minimum Gasteiger partial charge on any atom is -0.477 e. The molecule has 0 atom stereocenters. The summed E-state index contributed by atoms with van der Waals surface area (Å²) in [5, 5.41) is 11.4. The van der Waals surface area contributed by atoms with Crippen LogP contribution in [0.4, 0.5) is 0 Å². The van der Waals surface area contributed by atoms with Crippen molar-refractivity contribution in [1.82, 2.24) is 9.62 Å². The van der Waals surface area contributed by atoms with E-state index in [1.165, 1.54) is 0 Å². The number of hydrogen-bond donors (Lipinski definition) is 2. The van der Waals surface area contributed by atoms with Crippen LogP contribution in [0.25, 0.3) is 0 Å². The summed E-state index contributed by atoms with van der Waals surface area (Å²) >= 11 is 3.88. The largest absolute Gasteiger partial charge is 0.477 e. The Morgan fingerprint density at radius 2 is 2.05 bits per heavy atom. The Labute approximate surface area is 135 Å². The zero-order valence-corrected chi connectivity index (χ0v) is 14.6. The van der Waals surface area contributed by atoms with E-state index >= 15 is 0 Å². The third-order valence-electron chi connectivity index (χ3n) is 2.53. The average molecular weight is 399 g/mol. The number of thiophene rings is 1. The van der Waals surface area contributed by atoms with Crippen LogP contribution in [0, 0.1) is 0 Å². The molecule has 10 heteroatoms. The molecule has 0 fully saturated rings. The minimum atomic E-state index is -3.94. The zero-order valence-electron chi connectivity index (χ0n) is 11.4. The molecule has 0 bridgehead atoms. The molecular formula is C11H15BrN2O5S2. The summed E-state index contributed by atoms with van der Waals surface area (Å²) in [6, 6.07) is 1.09. The normalized spacial score (nSPS) is 11.6. The van der Waals surface area contributed by atoms with Crippen LogP contribution in [0.1, 0.15) is 23.5 Å². The molecule has 0 unspecified atom stereocenters. The topological polar surface area (TPSA) is 104 Å². The molecular weight excluding hydrogens is 384 g/mol. The van der Waals surface area contributed by atoms with E-state index in [1.807, 2.05) is 0 Å². The predicted octanol–water partition coefficient (Wildman–Crippen LogP) is 1.36. The smallest absolute Gasteiger partial charge is 0.345 e. The molecule has 1 heterocycles. The van der Waals surface area contributed by atoms with Gasteiger partial charge in [-0.05, 0) is 28.9 Å². The molecule has 0 aliphatic heterocycles. The number of carbonyl (C=O) groups is 2. The first-order chi connectivity index (χ1) is 9.73. The van der Waals surface area contributed by atoms with E-state index in [-0.39, 0.29) is 26.6 Å². The van der Waals surface area contributed by atoms with Crippen LogP contribution in [-0.4, -0.2) is 49.3 Å². The van der Waals surface area contributed by atoms with Crippen molar-refractivity contribution >= 4 is 49.2 Å². The summed E-state index contributed by atoms with van der Waals surface area (Å²) in [4.78, 5) is 22.3. The first kappa shape index (κ1) is 18.1. The lowest BCUT2D eigenvalue weighted by molar-refractivity contribution is -0.121. The monoisotopic (exact) mass is 398 g/mol. The van der Waals surface area contributed by atoms with Gasteiger partial charge in [0.05, 0.1) is 10.3 Å². The molecule has 1 amide bonds. The number of hydrogen-bond acceptors (Lipinski definition) is 5. The minimum absolute atomic E-state index is 0.0884. The molecule has 0 radical (unpaired) electrons. The molecule has 0 saturated heterocycles. The molecule has 1 aromatic heterocycles. The van der Waals surface area contributed by atoms with Gasteiger partial charge in [0, 0.05) is 13.1 Å². The lowest BCUT2D eigenvalue weighted by Gasteiger charge is -2.19. The maximum absolute atomic E-state index is 12.5. The highest BCUT2D eigenvalue weighted by atomic mass is 79.9. The van der Waals surface area contributed by atoms with Gasteiger partial charge in [0.25, 0.3) is 0 Å². The Morgan fingerprint density at radius 3 is 2.48 bits per heavy atom. The van der Waals surface area contributed by atoms with Crippen LogP contribution < -0.4 is 5.32 Å². The summed E-state index contributed by atoms with van der Waals surface area (Å²) in [7, 11) is -3.94. The summed E-state index contributed by atoms with van der Waals surface area (Å²) < 4.78 is 26.2. The van der Waals surface area contributed by atoms with Crippen molar-refractivity contribution in [2.45, 2.75) is 18.7 Å². The van der Waals surface area contributed by atoms with Crippen LogP contribution in [0.15, 0.2) is 14.7 Å². The van der Waals surface area contributed by atoms with Gasteiger partial charge >= 0.3 is 5.97 Å². The second-order valence-electron chi connectivity index (χ2n) is 3.94. The molecule has 0 spiro atoms. The van der Waals surface area contributed by atoms with Crippen LogP contribution >= 0.6 is 27.3 Å². The average Bonchev–Trinajstić information content (AvgIpc) is 2.79. The van der Waals surface area contributed by atoms with Crippen LogP contribution in [-0.2, 0) is 14.8 Å². The predicted molar refractivity (Wildman–Crippen MR) is 82.1 cm³/mol. The Kier molecular flexibility index (Phi) is 6.32. The quantitative estimate of drug-likeness (QED) is 0.721. The second-order valence-corrected chi connectivity index (χ2v) is 8.21. The van der Waals surface area contributed by atoms with E-state index < -0.39 is 21.9 Å². The highest BCUT2D eigenvalue weighted by Crippen LogP contribution is 2.33. The molecule has 1 rings (SSSR count). The van der Waals surface area contributed by atoms with Crippen molar-refractivity contribution in [2.24, 2.45) is 0 Å². The number of nitrogens with zero attached hydrogens (tertiary/aromatic N) is 1. The maximum atomic E-state index is 12.5. The van der Waals surface area contributed by atoms with Gasteiger partial charge in [0.15, 0.2) is 0 Å². The van der Waals surface area contributed by atoms with Crippen molar-refractivity contribution in [3.8, 4) is 0 Å². The third kappa shape index (κ3) is 4.25. The van der Waals surface area contributed by atoms with Gasteiger partial charge in [-0.3, -0.25) is 4.79 Å². The van der Waals surface area contributed by atoms with E-state index in [1.54, 1.807) is 13.8 Å². The zero-order chi connectivity index (χ0) is 16.2. The third-order valence-corrected chi connectivity index (χ3v) is 6.69. The molecule has 118 valence electrons. The first-order valence-electron chi connectivity index (χ1n) is 6.03. The number of rotatable bonds is 7. The van der Waals surface area contributed by atoms with Gasteiger partial charge in [0.2, 0.25) is 15.9 Å². The van der Waals surface area contributed by atoms with Crippen LogP contribution in [0.5, 0.6) is 0 Å². The van der Waals surface area contributed by atoms with E-state index in [4.69, 9.17) is 5.11 Å². The number of aromatic carboxylic acids is 1. The number of carbonyl (C=O) groups excluding carboxylic acids is 1. The van der Waals surface area contributed by atoms with Gasteiger partial charge in [-0.15, -0.1) is 11.3 Å². The van der Waals surface area contributed by atoms with Gasteiger partial charge in [-0.1, -0.05) is 6.92 Å².